The Hall–Kier alpha value is -1.12. The number of aromatic amines is 1. The predicted molar refractivity (Wildman–Crippen MR) is 76.9 cm³/mol. The van der Waals surface area contributed by atoms with Gasteiger partial charge in [0.1, 0.15) is 4.90 Å². The molecule has 0 saturated carbocycles. The van der Waals surface area contributed by atoms with Crippen molar-refractivity contribution in [1.29, 1.82) is 0 Å². The van der Waals surface area contributed by atoms with E-state index in [4.69, 9.17) is 15.4 Å². The van der Waals surface area contributed by atoms with Crippen LogP contribution in [-0.4, -0.2) is 43.3 Å². The van der Waals surface area contributed by atoms with Gasteiger partial charge in [-0.05, 0) is 26.2 Å². The summed E-state index contributed by atoms with van der Waals surface area (Å²) in [5.74, 6) is -0.576. The summed E-state index contributed by atoms with van der Waals surface area (Å²) in [6, 6.07) is -0.229. The first-order valence-corrected chi connectivity index (χ1v) is 9.10. The summed E-state index contributed by atoms with van der Waals surface area (Å²) in [5, 5.41) is 9.06. The molecule has 1 aromatic heterocycles. The van der Waals surface area contributed by atoms with Crippen LogP contribution in [0, 0.1) is 0 Å². The fourth-order valence-electron chi connectivity index (χ4n) is 2.39. The molecule has 2 atom stereocenters. The maximum Gasteiger partial charge on any atom is 0.273 e. The zero-order chi connectivity index (χ0) is 15.6. The number of aryl methyl sites for hydroxylation is 1. The number of H-pyrrole nitrogens is 1. The van der Waals surface area contributed by atoms with Crippen molar-refractivity contribution in [2.24, 2.45) is 0 Å². The molecule has 0 bridgehead atoms. The standard InChI is InChI=1S/C12H18ClN3O4S/c1-3-8-11(21(13,18)19)10(16-15-8)12(17)14-7(2)9-5-4-6-20-9/h7,9H,3-6H2,1-2H3,(H,14,17)(H,15,16). The van der Waals surface area contributed by atoms with Gasteiger partial charge in [-0.3, -0.25) is 9.89 Å². The van der Waals surface area contributed by atoms with Crippen LogP contribution in [0.3, 0.4) is 0 Å². The Morgan fingerprint density at radius 2 is 2.33 bits per heavy atom. The third-order valence-electron chi connectivity index (χ3n) is 3.49. The first-order chi connectivity index (χ1) is 9.84. The van der Waals surface area contributed by atoms with Gasteiger partial charge in [-0.25, -0.2) is 8.42 Å². The molecule has 0 spiro atoms. The summed E-state index contributed by atoms with van der Waals surface area (Å²) in [4.78, 5) is 12.0. The molecule has 2 unspecified atom stereocenters. The van der Waals surface area contributed by atoms with Crippen LogP contribution in [0.5, 0.6) is 0 Å². The second-order valence-electron chi connectivity index (χ2n) is 4.98. The van der Waals surface area contributed by atoms with E-state index in [9.17, 15) is 13.2 Å². The minimum atomic E-state index is -4.05. The van der Waals surface area contributed by atoms with Crippen molar-refractivity contribution in [3.63, 3.8) is 0 Å². The number of ether oxygens (including phenoxy) is 1. The van der Waals surface area contributed by atoms with Gasteiger partial charge < -0.3 is 10.1 Å². The third-order valence-corrected chi connectivity index (χ3v) is 4.88. The molecule has 1 aromatic rings. The van der Waals surface area contributed by atoms with Gasteiger partial charge in [0, 0.05) is 17.3 Å². The van der Waals surface area contributed by atoms with Gasteiger partial charge in [-0.15, -0.1) is 0 Å². The lowest BCUT2D eigenvalue weighted by molar-refractivity contribution is 0.0707. The fourth-order valence-corrected chi connectivity index (χ4v) is 3.74. The number of nitrogens with one attached hydrogen (secondary N) is 2. The monoisotopic (exact) mass is 335 g/mol. The van der Waals surface area contributed by atoms with Crippen LogP contribution in [0.25, 0.3) is 0 Å². The Morgan fingerprint density at radius 3 is 2.86 bits per heavy atom. The molecule has 0 radical (unpaired) electrons. The third kappa shape index (κ3) is 3.56. The highest BCUT2D eigenvalue weighted by Crippen LogP contribution is 2.23. The zero-order valence-electron chi connectivity index (χ0n) is 11.8. The lowest BCUT2D eigenvalue weighted by atomic mass is 10.1. The molecule has 118 valence electrons. The van der Waals surface area contributed by atoms with E-state index in [0.717, 1.165) is 12.8 Å². The van der Waals surface area contributed by atoms with E-state index in [1.807, 2.05) is 6.92 Å². The molecule has 7 nitrogen and oxygen atoms in total. The molecule has 1 amide bonds. The van der Waals surface area contributed by atoms with Crippen molar-refractivity contribution in [1.82, 2.24) is 15.5 Å². The van der Waals surface area contributed by atoms with E-state index in [0.29, 0.717) is 18.7 Å². The van der Waals surface area contributed by atoms with Crippen molar-refractivity contribution in [3.8, 4) is 0 Å². The molecule has 1 fully saturated rings. The summed E-state index contributed by atoms with van der Waals surface area (Å²) in [7, 11) is 1.36. The largest absolute Gasteiger partial charge is 0.376 e. The van der Waals surface area contributed by atoms with Gasteiger partial charge in [0.15, 0.2) is 5.69 Å². The number of hydrogen-bond donors (Lipinski definition) is 2. The van der Waals surface area contributed by atoms with Crippen molar-refractivity contribution in [3.05, 3.63) is 11.4 Å². The molecule has 0 aromatic carbocycles. The molecule has 2 rings (SSSR count). The van der Waals surface area contributed by atoms with Crippen molar-refractivity contribution in [2.45, 2.75) is 50.2 Å². The number of carbonyl (C=O) groups excluding carboxylic acids is 1. The number of halogens is 1. The average Bonchev–Trinajstić information content (AvgIpc) is 3.06. The molecule has 1 saturated heterocycles. The van der Waals surface area contributed by atoms with Crippen LogP contribution in [0.15, 0.2) is 4.90 Å². The Bertz CT molecular complexity index is 622. The van der Waals surface area contributed by atoms with E-state index < -0.39 is 15.0 Å². The van der Waals surface area contributed by atoms with Gasteiger partial charge in [0.2, 0.25) is 0 Å². The predicted octanol–water partition coefficient (Wildman–Crippen LogP) is 1.20. The van der Waals surface area contributed by atoms with Crippen molar-refractivity contribution < 1.29 is 17.9 Å². The average molecular weight is 336 g/mol. The van der Waals surface area contributed by atoms with E-state index in [1.54, 1.807) is 6.92 Å². The summed E-state index contributed by atoms with van der Waals surface area (Å²) in [6.45, 7) is 4.24. The lowest BCUT2D eigenvalue weighted by Gasteiger charge is -2.19. The fraction of sp³-hybridized carbons (Fsp3) is 0.667. The van der Waals surface area contributed by atoms with Crippen molar-refractivity contribution in [2.75, 3.05) is 6.61 Å². The second kappa shape index (κ2) is 6.33. The Kier molecular flexibility index (Phi) is 4.90. The van der Waals surface area contributed by atoms with E-state index in [2.05, 4.69) is 15.5 Å². The van der Waals surface area contributed by atoms with Gasteiger partial charge in [0.25, 0.3) is 15.0 Å². The first-order valence-electron chi connectivity index (χ1n) is 6.79. The topological polar surface area (TPSA) is 101 Å². The number of rotatable bonds is 5. The van der Waals surface area contributed by atoms with Crippen LogP contribution >= 0.6 is 10.7 Å². The second-order valence-corrected chi connectivity index (χ2v) is 7.49. The van der Waals surface area contributed by atoms with Gasteiger partial charge in [0.05, 0.1) is 17.8 Å². The minimum Gasteiger partial charge on any atom is -0.376 e. The van der Waals surface area contributed by atoms with Crippen LogP contribution in [0.2, 0.25) is 0 Å². The lowest BCUT2D eigenvalue weighted by Crippen LogP contribution is -2.41. The van der Waals surface area contributed by atoms with Gasteiger partial charge in [-0.2, -0.15) is 5.10 Å². The first kappa shape index (κ1) is 16.3. The SMILES string of the molecule is CCc1[nH]nc(C(=O)NC(C)C2CCCO2)c1S(=O)(=O)Cl. The van der Waals surface area contributed by atoms with Crippen molar-refractivity contribution >= 4 is 25.6 Å². The number of carbonyl (C=O) groups is 1. The Balaban J connectivity index is 2.21. The number of aromatic nitrogens is 2. The minimum absolute atomic E-state index is 0.0606. The normalized spacial score (nSPS) is 20.4. The molecular weight excluding hydrogens is 318 g/mol. The number of amides is 1. The molecule has 21 heavy (non-hydrogen) atoms. The summed E-state index contributed by atoms with van der Waals surface area (Å²) >= 11 is 0. The highest BCUT2D eigenvalue weighted by Gasteiger charge is 2.30. The molecule has 1 aliphatic heterocycles. The highest BCUT2D eigenvalue weighted by atomic mass is 35.7. The smallest absolute Gasteiger partial charge is 0.273 e. The van der Waals surface area contributed by atoms with E-state index >= 15 is 0 Å². The maximum atomic E-state index is 12.2. The van der Waals surface area contributed by atoms with Crippen LogP contribution in [-0.2, 0) is 20.2 Å². The van der Waals surface area contributed by atoms with Crippen LogP contribution < -0.4 is 5.32 Å². The van der Waals surface area contributed by atoms with Crippen LogP contribution in [0.1, 0.15) is 42.9 Å². The van der Waals surface area contributed by atoms with Crippen LogP contribution in [0.4, 0.5) is 0 Å². The molecule has 9 heteroatoms. The summed E-state index contributed by atoms with van der Waals surface area (Å²) in [6.07, 6.45) is 2.13. The Morgan fingerprint density at radius 1 is 1.62 bits per heavy atom. The molecule has 2 heterocycles. The van der Waals surface area contributed by atoms with Gasteiger partial charge >= 0.3 is 0 Å². The molecule has 1 aliphatic rings. The molecule has 2 N–H and O–H groups in total. The van der Waals surface area contributed by atoms with E-state index in [-0.39, 0.29) is 22.7 Å². The number of nitrogens with zero attached hydrogens (tertiary/aromatic N) is 1. The maximum absolute atomic E-state index is 12.2. The molecule has 0 aliphatic carbocycles. The van der Waals surface area contributed by atoms with Gasteiger partial charge in [-0.1, -0.05) is 6.92 Å². The zero-order valence-corrected chi connectivity index (χ0v) is 13.4. The Labute approximate surface area is 127 Å². The number of hydrogen-bond acceptors (Lipinski definition) is 5. The quantitative estimate of drug-likeness (QED) is 0.787. The molecular formula is C12H18ClN3O4S. The summed E-state index contributed by atoms with van der Waals surface area (Å²) in [5.41, 5.74) is 0.117. The summed E-state index contributed by atoms with van der Waals surface area (Å²) < 4.78 is 28.8. The van der Waals surface area contributed by atoms with E-state index in [1.165, 1.54) is 0 Å². The highest BCUT2D eigenvalue weighted by molar-refractivity contribution is 8.13.